The van der Waals surface area contributed by atoms with E-state index in [1.807, 2.05) is 42.8 Å². The molecule has 0 aliphatic heterocycles. The summed E-state index contributed by atoms with van der Waals surface area (Å²) < 4.78 is 41.1. The third kappa shape index (κ3) is 3.71. The molecule has 0 saturated carbocycles. The SMILES string of the molecule is Cc1ccccc1-c1nnc(SCc2ccccc2C(F)(F)F)n1C. The van der Waals surface area contributed by atoms with Crippen LogP contribution in [0.5, 0.6) is 0 Å². The number of halogens is 3. The van der Waals surface area contributed by atoms with Crippen LogP contribution >= 0.6 is 11.8 Å². The molecule has 0 aliphatic carbocycles. The Bertz CT molecular complexity index is 887. The summed E-state index contributed by atoms with van der Waals surface area (Å²) in [6.07, 6.45) is -4.36. The number of aryl methyl sites for hydroxylation is 1. The quantitative estimate of drug-likeness (QED) is 0.604. The standard InChI is InChI=1S/C18H16F3N3S/c1-12-7-3-5-9-14(12)16-22-23-17(24(16)2)25-11-13-8-4-6-10-15(13)18(19,20)21/h3-10H,11H2,1-2H3. The minimum Gasteiger partial charge on any atom is -0.305 e. The third-order valence-corrected chi connectivity index (χ3v) is 4.97. The molecule has 3 nitrogen and oxygen atoms in total. The van der Waals surface area contributed by atoms with Crippen molar-refractivity contribution in [2.24, 2.45) is 7.05 Å². The second-order valence-electron chi connectivity index (χ2n) is 5.62. The van der Waals surface area contributed by atoms with Gasteiger partial charge in [-0.3, -0.25) is 0 Å². The molecule has 0 N–H and O–H groups in total. The first-order valence-electron chi connectivity index (χ1n) is 7.61. The number of rotatable bonds is 4. The number of aromatic nitrogens is 3. The number of thioether (sulfide) groups is 1. The summed E-state index contributed by atoms with van der Waals surface area (Å²) in [6.45, 7) is 1.98. The first kappa shape index (κ1) is 17.5. The van der Waals surface area contributed by atoms with Crippen molar-refractivity contribution < 1.29 is 13.2 Å². The van der Waals surface area contributed by atoms with Crippen LogP contribution in [0, 0.1) is 6.92 Å². The lowest BCUT2D eigenvalue weighted by Crippen LogP contribution is -2.08. The van der Waals surface area contributed by atoms with Crippen molar-refractivity contribution in [1.82, 2.24) is 14.8 Å². The first-order valence-corrected chi connectivity index (χ1v) is 8.60. The Morgan fingerprint density at radius 3 is 2.40 bits per heavy atom. The monoisotopic (exact) mass is 363 g/mol. The molecule has 0 bridgehead atoms. The van der Waals surface area contributed by atoms with Gasteiger partial charge in [0.05, 0.1) is 5.56 Å². The van der Waals surface area contributed by atoms with E-state index >= 15 is 0 Å². The van der Waals surface area contributed by atoms with E-state index in [-0.39, 0.29) is 11.3 Å². The molecule has 2 aromatic carbocycles. The van der Waals surface area contributed by atoms with Crippen molar-refractivity contribution in [2.75, 3.05) is 0 Å². The van der Waals surface area contributed by atoms with Crippen molar-refractivity contribution >= 4 is 11.8 Å². The third-order valence-electron chi connectivity index (χ3n) is 3.90. The van der Waals surface area contributed by atoms with Gasteiger partial charge in [0.2, 0.25) is 0 Å². The highest BCUT2D eigenvalue weighted by molar-refractivity contribution is 7.98. The van der Waals surface area contributed by atoms with Crippen molar-refractivity contribution in [1.29, 1.82) is 0 Å². The van der Waals surface area contributed by atoms with Crippen molar-refractivity contribution in [3.8, 4) is 11.4 Å². The summed E-state index contributed by atoms with van der Waals surface area (Å²) in [6, 6.07) is 13.4. The van der Waals surface area contributed by atoms with Crippen LogP contribution in [-0.4, -0.2) is 14.8 Å². The molecular weight excluding hydrogens is 347 g/mol. The molecule has 1 aromatic heterocycles. The molecular formula is C18H16F3N3S. The van der Waals surface area contributed by atoms with Crippen molar-refractivity contribution in [3.05, 3.63) is 65.2 Å². The van der Waals surface area contributed by atoms with Crippen LogP contribution in [0.2, 0.25) is 0 Å². The predicted molar refractivity (Wildman–Crippen MR) is 92.2 cm³/mol. The second-order valence-corrected chi connectivity index (χ2v) is 6.57. The molecule has 25 heavy (non-hydrogen) atoms. The van der Waals surface area contributed by atoms with Crippen LogP contribution in [0.25, 0.3) is 11.4 Å². The van der Waals surface area contributed by atoms with Gasteiger partial charge in [0.1, 0.15) is 0 Å². The predicted octanol–water partition coefficient (Wildman–Crippen LogP) is 5.10. The summed E-state index contributed by atoms with van der Waals surface area (Å²) in [7, 11) is 1.82. The Hall–Kier alpha value is -2.28. The Kier molecular flexibility index (Phi) is 4.85. The summed E-state index contributed by atoms with van der Waals surface area (Å²) in [5.41, 5.74) is 1.65. The first-order chi connectivity index (χ1) is 11.9. The van der Waals surface area contributed by atoms with E-state index in [0.717, 1.165) is 17.2 Å². The average molecular weight is 363 g/mol. The number of hydrogen-bond acceptors (Lipinski definition) is 3. The lowest BCUT2D eigenvalue weighted by atomic mass is 10.1. The van der Waals surface area contributed by atoms with Crippen LogP contribution < -0.4 is 0 Å². The van der Waals surface area contributed by atoms with E-state index in [2.05, 4.69) is 10.2 Å². The Labute approximate surface area is 147 Å². The Morgan fingerprint density at radius 1 is 1.00 bits per heavy atom. The zero-order valence-electron chi connectivity index (χ0n) is 13.7. The van der Waals surface area contributed by atoms with Crippen LogP contribution in [0.15, 0.2) is 53.7 Å². The lowest BCUT2D eigenvalue weighted by Gasteiger charge is -2.12. The fraction of sp³-hybridized carbons (Fsp3) is 0.222. The van der Waals surface area contributed by atoms with Gasteiger partial charge in [-0.2, -0.15) is 13.2 Å². The van der Waals surface area contributed by atoms with Crippen LogP contribution in [0.1, 0.15) is 16.7 Å². The fourth-order valence-electron chi connectivity index (χ4n) is 2.56. The maximum atomic E-state index is 13.1. The van der Waals surface area contributed by atoms with Gasteiger partial charge in [0, 0.05) is 18.4 Å². The maximum absolute atomic E-state index is 13.1. The van der Waals surface area contributed by atoms with Gasteiger partial charge in [-0.15, -0.1) is 10.2 Å². The molecule has 7 heteroatoms. The lowest BCUT2D eigenvalue weighted by molar-refractivity contribution is -0.138. The topological polar surface area (TPSA) is 30.7 Å². The molecule has 0 amide bonds. The number of nitrogens with zero attached hydrogens (tertiary/aromatic N) is 3. The minimum atomic E-state index is -4.36. The van der Waals surface area contributed by atoms with Gasteiger partial charge in [-0.05, 0) is 24.1 Å². The second kappa shape index (κ2) is 6.92. The summed E-state index contributed by atoms with van der Waals surface area (Å²) in [5.74, 6) is 0.875. The van der Waals surface area contributed by atoms with Gasteiger partial charge in [0.15, 0.2) is 11.0 Å². The van der Waals surface area contributed by atoms with Gasteiger partial charge in [0.25, 0.3) is 0 Å². The van der Waals surface area contributed by atoms with E-state index in [0.29, 0.717) is 11.0 Å². The average Bonchev–Trinajstić information content (AvgIpc) is 2.93. The van der Waals surface area contributed by atoms with Gasteiger partial charge >= 0.3 is 6.18 Å². The van der Waals surface area contributed by atoms with E-state index in [9.17, 15) is 13.2 Å². The number of benzene rings is 2. The molecule has 0 aliphatic rings. The van der Waals surface area contributed by atoms with Crippen LogP contribution in [0.3, 0.4) is 0 Å². The maximum Gasteiger partial charge on any atom is 0.416 e. The molecule has 130 valence electrons. The zero-order valence-corrected chi connectivity index (χ0v) is 14.5. The molecule has 0 atom stereocenters. The normalized spacial score (nSPS) is 11.7. The highest BCUT2D eigenvalue weighted by Crippen LogP contribution is 2.35. The largest absolute Gasteiger partial charge is 0.416 e. The van der Waals surface area contributed by atoms with Crippen LogP contribution in [0.4, 0.5) is 13.2 Å². The smallest absolute Gasteiger partial charge is 0.305 e. The van der Waals surface area contributed by atoms with E-state index in [1.54, 1.807) is 6.07 Å². The van der Waals surface area contributed by atoms with Crippen LogP contribution in [-0.2, 0) is 19.0 Å². The van der Waals surface area contributed by atoms with Gasteiger partial charge < -0.3 is 4.57 Å². The highest BCUT2D eigenvalue weighted by atomic mass is 32.2. The van der Waals surface area contributed by atoms with E-state index in [1.165, 1.54) is 23.9 Å². The molecule has 3 aromatic rings. The number of hydrogen-bond donors (Lipinski definition) is 0. The molecule has 0 radical (unpaired) electrons. The molecule has 0 fully saturated rings. The summed E-state index contributed by atoms with van der Waals surface area (Å²) in [5, 5.41) is 8.91. The Morgan fingerprint density at radius 2 is 1.68 bits per heavy atom. The Balaban J connectivity index is 1.84. The van der Waals surface area contributed by atoms with Crippen molar-refractivity contribution in [3.63, 3.8) is 0 Å². The zero-order chi connectivity index (χ0) is 18.0. The summed E-state index contributed by atoms with van der Waals surface area (Å²) in [4.78, 5) is 0. The van der Waals surface area contributed by atoms with Gasteiger partial charge in [-0.1, -0.05) is 54.2 Å². The van der Waals surface area contributed by atoms with Crippen molar-refractivity contribution in [2.45, 2.75) is 24.0 Å². The van der Waals surface area contributed by atoms with E-state index in [4.69, 9.17) is 0 Å². The number of alkyl halides is 3. The molecule has 0 saturated heterocycles. The molecule has 1 heterocycles. The minimum absolute atomic E-state index is 0.176. The van der Waals surface area contributed by atoms with E-state index < -0.39 is 11.7 Å². The molecule has 0 spiro atoms. The van der Waals surface area contributed by atoms with Gasteiger partial charge in [-0.25, -0.2) is 0 Å². The highest BCUT2D eigenvalue weighted by Gasteiger charge is 2.32. The molecule has 3 rings (SSSR count). The molecule has 0 unspecified atom stereocenters. The summed E-state index contributed by atoms with van der Waals surface area (Å²) >= 11 is 1.24. The fourth-order valence-corrected chi connectivity index (χ4v) is 3.48.